The Balaban J connectivity index is 1.81. The number of nitrogens with zero attached hydrogens (tertiary/aromatic N) is 1. The second-order valence-electron chi connectivity index (χ2n) is 12.9. The van der Waals surface area contributed by atoms with Crippen LogP contribution in [-0.2, 0) is 42.9 Å². The summed E-state index contributed by atoms with van der Waals surface area (Å²) in [6.45, 7) is 13.8. The van der Waals surface area contributed by atoms with Gasteiger partial charge in [0, 0.05) is 50.4 Å². The van der Waals surface area contributed by atoms with E-state index in [4.69, 9.17) is 23.7 Å². The predicted octanol–water partition coefficient (Wildman–Crippen LogP) is 3.94. The van der Waals surface area contributed by atoms with Gasteiger partial charge in [-0.2, -0.15) is 0 Å². The maximum Gasteiger partial charge on any atom is 0.340 e. The van der Waals surface area contributed by atoms with Crippen molar-refractivity contribution in [2.75, 3.05) is 6.61 Å². The Kier molecular flexibility index (Phi) is 8.54. The number of rotatable bonds is 8. The molecule has 242 valence electrons. The molecule has 11 heteroatoms. The van der Waals surface area contributed by atoms with Crippen LogP contribution in [0.5, 0.6) is 0 Å². The van der Waals surface area contributed by atoms with Gasteiger partial charge in [0.15, 0.2) is 5.60 Å². The highest BCUT2D eigenvalue weighted by atomic mass is 16.6. The van der Waals surface area contributed by atoms with Gasteiger partial charge in [-0.15, -0.1) is 0 Å². The molecule has 2 bridgehead atoms. The van der Waals surface area contributed by atoms with E-state index in [0.717, 1.165) is 0 Å². The summed E-state index contributed by atoms with van der Waals surface area (Å²) in [6.07, 6.45) is 3.24. The number of ketones is 1. The van der Waals surface area contributed by atoms with Crippen LogP contribution in [-0.4, -0.2) is 70.8 Å². The van der Waals surface area contributed by atoms with Gasteiger partial charge in [0.1, 0.15) is 23.9 Å². The van der Waals surface area contributed by atoms with Crippen molar-refractivity contribution in [2.45, 2.75) is 90.3 Å². The quantitative estimate of drug-likeness (QED) is 0.236. The highest BCUT2D eigenvalue weighted by molar-refractivity contribution is 5.98. The van der Waals surface area contributed by atoms with Crippen LogP contribution in [0.25, 0.3) is 0 Å². The van der Waals surface area contributed by atoms with Crippen molar-refractivity contribution in [3.05, 3.63) is 54.4 Å². The number of carbonyl (C=O) groups is 5. The Hall–Kier alpha value is -3.86. The molecule has 0 spiro atoms. The molecule has 1 saturated heterocycles. The largest absolute Gasteiger partial charge is 0.461 e. The Labute approximate surface area is 262 Å². The molecular formula is C34H41NO10. The van der Waals surface area contributed by atoms with E-state index in [1.807, 2.05) is 13.0 Å². The summed E-state index contributed by atoms with van der Waals surface area (Å²) in [5.74, 6) is -5.86. The lowest BCUT2D eigenvalue weighted by atomic mass is 9.55. The van der Waals surface area contributed by atoms with Gasteiger partial charge in [0.25, 0.3) is 0 Å². The number of allylic oxidation sites excluding steroid dienone is 2. The molecule has 0 radical (unpaired) electrons. The van der Waals surface area contributed by atoms with Crippen molar-refractivity contribution in [1.82, 2.24) is 4.98 Å². The maximum absolute atomic E-state index is 15.1. The van der Waals surface area contributed by atoms with E-state index in [1.165, 1.54) is 19.3 Å². The highest BCUT2D eigenvalue weighted by Gasteiger charge is 2.81. The van der Waals surface area contributed by atoms with Gasteiger partial charge < -0.3 is 23.7 Å². The smallest absolute Gasteiger partial charge is 0.340 e. The third-order valence-electron chi connectivity index (χ3n) is 10.1. The molecule has 4 aliphatic rings. The average molecular weight is 624 g/mol. The van der Waals surface area contributed by atoms with Crippen molar-refractivity contribution < 1.29 is 47.7 Å². The molecule has 45 heavy (non-hydrogen) atoms. The Morgan fingerprint density at radius 3 is 2.36 bits per heavy atom. The Bertz CT molecular complexity index is 1440. The van der Waals surface area contributed by atoms with Crippen LogP contribution in [0.2, 0.25) is 0 Å². The topological polar surface area (TPSA) is 144 Å². The van der Waals surface area contributed by atoms with Gasteiger partial charge in [-0.05, 0) is 38.0 Å². The fourth-order valence-electron chi connectivity index (χ4n) is 8.32. The Morgan fingerprint density at radius 2 is 1.76 bits per heavy atom. The lowest BCUT2D eigenvalue weighted by Crippen LogP contribution is -2.62. The van der Waals surface area contributed by atoms with Crippen LogP contribution >= 0.6 is 0 Å². The molecule has 1 aromatic heterocycles. The van der Waals surface area contributed by atoms with Gasteiger partial charge in [-0.1, -0.05) is 39.0 Å². The van der Waals surface area contributed by atoms with E-state index in [9.17, 15) is 19.2 Å². The first-order valence-electron chi connectivity index (χ1n) is 15.5. The van der Waals surface area contributed by atoms with E-state index in [2.05, 4.69) is 11.6 Å². The maximum atomic E-state index is 15.1. The van der Waals surface area contributed by atoms with Crippen LogP contribution < -0.4 is 0 Å². The lowest BCUT2D eigenvalue weighted by Gasteiger charge is -2.51. The van der Waals surface area contributed by atoms with E-state index in [0.29, 0.717) is 5.57 Å². The number of hydrogen-bond donors (Lipinski definition) is 0. The monoisotopic (exact) mass is 623 g/mol. The molecule has 3 aliphatic carbocycles. The zero-order valence-electron chi connectivity index (χ0n) is 26.6. The number of hydrogen-bond acceptors (Lipinski definition) is 11. The van der Waals surface area contributed by atoms with Gasteiger partial charge in [-0.3, -0.25) is 24.2 Å². The van der Waals surface area contributed by atoms with Crippen LogP contribution in [0.15, 0.2) is 48.8 Å². The molecule has 1 aromatic rings. The van der Waals surface area contributed by atoms with Crippen LogP contribution in [0.4, 0.5) is 0 Å². The standard InChI is InChI=1S/C34H41NO10/c1-8-24(37)43-27-19(5)15-34(45-20(6)36)26(27)29(44-25(38)9-2)33-17-41-32(7,31(34)40)28(33)22(18(3)4)12-13-23(33)42-30(39)21-11-10-14-35-16-21/h10-14,16,19,22-23,26-29H,3,8-9,15,17H2,1-2,4-7H3/t19-,22+,23+,26+,27-,28-,29+,32+,33+,34+/m0/s1. The van der Waals surface area contributed by atoms with Crippen molar-refractivity contribution in [1.29, 1.82) is 0 Å². The first-order chi connectivity index (χ1) is 21.3. The Morgan fingerprint density at radius 1 is 1.07 bits per heavy atom. The molecule has 0 unspecified atom stereocenters. The molecule has 0 amide bonds. The highest BCUT2D eigenvalue weighted by Crippen LogP contribution is 2.67. The van der Waals surface area contributed by atoms with Crippen LogP contribution in [0, 0.1) is 29.1 Å². The molecule has 10 atom stereocenters. The molecular weight excluding hydrogens is 582 g/mol. The normalized spacial score (nSPS) is 37.9. The minimum Gasteiger partial charge on any atom is -0.461 e. The summed E-state index contributed by atoms with van der Waals surface area (Å²) >= 11 is 0. The molecule has 0 N–H and O–H groups in total. The van der Waals surface area contributed by atoms with Crippen molar-refractivity contribution >= 4 is 29.7 Å². The van der Waals surface area contributed by atoms with E-state index in [1.54, 1.807) is 45.9 Å². The third-order valence-corrected chi connectivity index (χ3v) is 10.1. The third kappa shape index (κ3) is 4.99. The summed E-state index contributed by atoms with van der Waals surface area (Å²) in [5.41, 5.74) is -3.94. The first kappa shape index (κ1) is 32.5. The van der Waals surface area contributed by atoms with Crippen molar-refractivity contribution in [3.63, 3.8) is 0 Å². The summed E-state index contributed by atoms with van der Waals surface area (Å²) < 4.78 is 31.1. The molecule has 5 rings (SSSR count). The number of esters is 4. The van der Waals surface area contributed by atoms with E-state index >= 15 is 4.79 Å². The van der Waals surface area contributed by atoms with Crippen molar-refractivity contribution in [2.24, 2.45) is 29.1 Å². The number of aromatic nitrogens is 1. The number of ether oxygens (including phenoxy) is 5. The van der Waals surface area contributed by atoms with Gasteiger partial charge in [0.2, 0.25) is 5.78 Å². The number of Topliss-reactive ketones (excluding diaryl/α,β-unsaturated/α-hetero) is 1. The SMILES string of the molecule is C=C(C)[C@H]1C=C[C@@H](OC(=O)c2cccnc2)[C@@]23CO[C@@](C)(C(=O)[C@@]4(OC(C)=O)C[C@H](C)[C@H](OC(=O)CC)[C@@H]4[C@H]2OC(=O)CC)[C@H]13. The first-order valence-corrected chi connectivity index (χ1v) is 15.5. The number of pyridine rings is 1. The minimum atomic E-state index is -1.88. The van der Waals surface area contributed by atoms with E-state index < -0.39 is 88.3 Å². The molecule has 11 nitrogen and oxygen atoms in total. The van der Waals surface area contributed by atoms with Gasteiger partial charge in [-0.25, -0.2) is 4.79 Å². The summed E-state index contributed by atoms with van der Waals surface area (Å²) in [4.78, 5) is 71.7. The zero-order chi connectivity index (χ0) is 32.9. The van der Waals surface area contributed by atoms with Crippen LogP contribution in [0.1, 0.15) is 71.2 Å². The van der Waals surface area contributed by atoms with Crippen LogP contribution in [0.3, 0.4) is 0 Å². The predicted molar refractivity (Wildman–Crippen MR) is 158 cm³/mol. The van der Waals surface area contributed by atoms with Gasteiger partial charge in [0.05, 0.1) is 23.5 Å². The second-order valence-corrected chi connectivity index (χ2v) is 12.9. The molecule has 0 aromatic carbocycles. The summed E-state index contributed by atoms with van der Waals surface area (Å²) in [6, 6.07) is 3.18. The molecule has 3 fully saturated rings. The average Bonchev–Trinajstić information content (AvgIpc) is 3.46. The van der Waals surface area contributed by atoms with Gasteiger partial charge >= 0.3 is 23.9 Å². The molecule has 2 heterocycles. The fraction of sp³-hybridized carbons (Fsp3) is 0.588. The fourth-order valence-corrected chi connectivity index (χ4v) is 8.32. The zero-order valence-corrected chi connectivity index (χ0v) is 26.6. The number of fused-ring (bicyclic) bond motifs is 1. The van der Waals surface area contributed by atoms with Crippen molar-refractivity contribution in [3.8, 4) is 0 Å². The molecule has 2 saturated carbocycles. The molecule has 1 aliphatic heterocycles. The minimum absolute atomic E-state index is 0.00493. The lowest BCUT2D eigenvalue weighted by molar-refractivity contribution is -0.210. The summed E-state index contributed by atoms with van der Waals surface area (Å²) in [5, 5.41) is 0. The second kappa shape index (κ2) is 11.8. The number of carbonyl (C=O) groups excluding carboxylic acids is 5. The van der Waals surface area contributed by atoms with E-state index in [-0.39, 0.29) is 31.4 Å². The summed E-state index contributed by atoms with van der Waals surface area (Å²) in [7, 11) is 0.